The van der Waals surface area contributed by atoms with E-state index in [9.17, 15) is 4.39 Å². The number of halogens is 1. The lowest BCUT2D eigenvalue weighted by molar-refractivity contribution is 0.425. The predicted molar refractivity (Wildman–Crippen MR) is 69.0 cm³/mol. The van der Waals surface area contributed by atoms with Crippen molar-refractivity contribution in [1.82, 2.24) is 10.1 Å². The SMILES string of the molecule is CCCNc1nc(CSc2ccc(F)cc2)no1. The minimum absolute atomic E-state index is 0.232. The van der Waals surface area contributed by atoms with Crippen molar-refractivity contribution in [2.24, 2.45) is 0 Å². The summed E-state index contributed by atoms with van der Waals surface area (Å²) in [4.78, 5) is 5.17. The second kappa shape index (κ2) is 6.39. The van der Waals surface area contributed by atoms with Gasteiger partial charge in [0.25, 0.3) is 0 Å². The molecule has 0 fully saturated rings. The van der Waals surface area contributed by atoms with Crippen molar-refractivity contribution < 1.29 is 8.91 Å². The number of hydrogen-bond donors (Lipinski definition) is 1. The number of thioether (sulfide) groups is 1. The normalized spacial score (nSPS) is 10.6. The largest absolute Gasteiger partial charge is 0.338 e. The van der Waals surface area contributed by atoms with Crippen molar-refractivity contribution in [2.75, 3.05) is 11.9 Å². The van der Waals surface area contributed by atoms with E-state index in [4.69, 9.17) is 4.52 Å². The molecule has 0 aliphatic heterocycles. The molecular weight excluding hydrogens is 253 g/mol. The Morgan fingerprint density at radius 1 is 1.33 bits per heavy atom. The Morgan fingerprint density at radius 2 is 2.11 bits per heavy atom. The summed E-state index contributed by atoms with van der Waals surface area (Å²) in [6, 6.07) is 6.79. The van der Waals surface area contributed by atoms with E-state index in [0.717, 1.165) is 17.9 Å². The van der Waals surface area contributed by atoms with Gasteiger partial charge in [0.2, 0.25) is 0 Å². The zero-order valence-corrected chi connectivity index (χ0v) is 10.8. The van der Waals surface area contributed by atoms with Crippen molar-refractivity contribution in [3.8, 4) is 0 Å². The lowest BCUT2D eigenvalue weighted by atomic mass is 10.4. The highest BCUT2D eigenvalue weighted by molar-refractivity contribution is 7.98. The third kappa shape index (κ3) is 3.73. The van der Waals surface area contributed by atoms with Gasteiger partial charge in [-0.2, -0.15) is 4.98 Å². The van der Waals surface area contributed by atoms with Crippen molar-refractivity contribution in [2.45, 2.75) is 24.0 Å². The van der Waals surface area contributed by atoms with Crippen LogP contribution in [-0.4, -0.2) is 16.7 Å². The lowest BCUT2D eigenvalue weighted by Gasteiger charge is -1.97. The molecular formula is C12H14FN3OS. The van der Waals surface area contributed by atoms with Crippen LogP contribution in [-0.2, 0) is 5.75 Å². The van der Waals surface area contributed by atoms with Crippen molar-refractivity contribution >= 4 is 17.8 Å². The molecule has 2 aromatic rings. The van der Waals surface area contributed by atoms with Gasteiger partial charge >= 0.3 is 6.01 Å². The van der Waals surface area contributed by atoms with Crippen LogP contribution in [0.15, 0.2) is 33.7 Å². The highest BCUT2D eigenvalue weighted by Crippen LogP contribution is 2.22. The van der Waals surface area contributed by atoms with Crippen molar-refractivity contribution in [3.05, 3.63) is 35.9 Å². The molecule has 0 saturated carbocycles. The highest BCUT2D eigenvalue weighted by Gasteiger charge is 2.05. The summed E-state index contributed by atoms with van der Waals surface area (Å²) < 4.78 is 17.7. The number of nitrogens with zero attached hydrogens (tertiary/aromatic N) is 2. The maximum absolute atomic E-state index is 12.7. The standard InChI is InChI=1S/C12H14FN3OS/c1-2-7-14-12-15-11(16-17-12)8-18-10-5-3-9(13)4-6-10/h3-6H,2,7-8H2,1H3,(H,14,15,16). The topological polar surface area (TPSA) is 51.0 Å². The Kier molecular flexibility index (Phi) is 4.58. The lowest BCUT2D eigenvalue weighted by Crippen LogP contribution is -1.99. The first-order valence-electron chi connectivity index (χ1n) is 5.72. The van der Waals surface area contributed by atoms with Gasteiger partial charge < -0.3 is 9.84 Å². The Morgan fingerprint density at radius 3 is 2.83 bits per heavy atom. The van der Waals surface area contributed by atoms with Gasteiger partial charge in [-0.15, -0.1) is 11.8 Å². The first kappa shape index (κ1) is 12.9. The van der Waals surface area contributed by atoms with Crippen LogP contribution < -0.4 is 5.32 Å². The number of rotatable bonds is 6. The van der Waals surface area contributed by atoms with E-state index in [-0.39, 0.29) is 5.82 Å². The van der Waals surface area contributed by atoms with Crippen LogP contribution in [0.3, 0.4) is 0 Å². The molecule has 1 aromatic heterocycles. The second-order valence-electron chi connectivity index (χ2n) is 3.69. The maximum atomic E-state index is 12.7. The van der Waals surface area contributed by atoms with E-state index >= 15 is 0 Å². The van der Waals surface area contributed by atoms with Crippen molar-refractivity contribution in [1.29, 1.82) is 0 Å². The molecule has 0 aliphatic rings. The molecule has 4 nitrogen and oxygen atoms in total. The zero-order valence-electron chi connectivity index (χ0n) is 10.0. The van der Waals surface area contributed by atoms with Gasteiger partial charge in [0.15, 0.2) is 5.82 Å². The van der Waals surface area contributed by atoms with Gasteiger partial charge in [-0.1, -0.05) is 12.1 Å². The quantitative estimate of drug-likeness (QED) is 0.814. The molecule has 18 heavy (non-hydrogen) atoms. The Hall–Kier alpha value is -1.56. The second-order valence-corrected chi connectivity index (χ2v) is 4.73. The van der Waals surface area contributed by atoms with Crippen molar-refractivity contribution in [3.63, 3.8) is 0 Å². The summed E-state index contributed by atoms with van der Waals surface area (Å²) in [5.41, 5.74) is 0. The van der Waals surface area contributed by atoms with E-state index < -0.39 is 0 Å². The van der Waals surface area contributed by atoms with Crippen LogP contribution in [0.5, 0.6) is 0 Å². The summed E-state index contributed by atoms with van der Waals surface area (Å²) in [6.07, 6.45) is 1.00. The van der Waals surface area contributed by atoms with Crippen LogP contribution in [0, 0.1) is 5.82 Å². The first-order valence-corrected chi connectivity index (χ1v) is 6.71. The number of nitrogens with one attached hydrogen (secondary N) is 1. The summed E-state index contributed by atoms with van der Waals surface area (Å²) in [7, 11) is 0. The third-order valence-electron chi connectivity index (χ3n) is 2.18. The fraction of sp³-hybridized carbons (Fsp3) is 0.333. The van der Waals surface area contributed by atoms with Gasteiger partial charge in [0.05, 0.1) is 5.75 Å². The Labute approximate surface area is 109 Å². The smallest absolute Gasteiger partial charge is 0.321 e. The molecule has 0 unspecified atom stereocenters. The Balaban J connectivity index is 1.86. The molecule has 0 atom stereocenters. The first-order chi connectivity index (χ1) is 8.78. The molecule has 1 N–H and O–H groups in total. The third-order valence-corrected chi connectivity index (χ3v) is 3.18. The summed E-state index contributed by atoms with van der Waals surface area (Å²) in [5.74, 6) is 0.996. The number of anilines is 1. The molecule has 96 valence electrons. The summed E-state index contributed by atoms with van der Waals surface area (Å²) >= 11 is 1.54. The monoisotopic (exact) mass is 267 g/mol. The van der Waals surface area contributed by atoms with Crippen LogP contribution in [0.25, 0.3) is 0 Å². The van der Waals surface area contributed by atoms with Crippen LogP contribution in [0.1, 0.15) is 19.2 Å². The average molecular weight is 267 g/mol. The van der Waals surface area contributed by atoms with Gasteiger partial charge in [-0.25, -0.2) is 4.39 Å². The van der Waals surface area contributed by atoms with E-state index in [1.165, 1.54) is 23.9 Å². The van der Waals surface area contributed by atoms with Gasteiger partial charge in [0, 0.05) is 11.4 Å². The summed E-state index contributed by atoms with van der Waals surface area (Å²) in [5, 5.41) is 6.88. The fourth-order valence-electron chi connectivity index (χ4n) is 1.30. The highest BCUT2D eigenvalue weighted by atomic mass is 32.2. The molecule has 0 aliphatic carbocycles. The minimum atomic E-state index is -0.232. The van der Waals surface area contributed by atoms with E-state index in [2.05, 4.69) is 22.4 Å². The molecule has 6 heteroatoms. The zero-order chi connectivity index (χ0) is 12.8. The van der Waals surface area contributed by atoms with E-state index in [0.29, 0.717) is 17.6 Å². The minimum Gasteiger partial charge on any atom is -0.338 e. The van der Waals surface area contributed by atoms with Gasteiger partial charge in [-0.05, 0) is 30.7 Å². The molecule has 1 heterocycles. The fourth-order valence-corrected chi connectivity index (χ4v) is 2.04. The Bertz CT molecular complexity index is 486. The van der Waals surface area contributed by atoms with Gasteiger partial charge in [0.1, 0.15) is 5.82 Å². The molecule has 0 amide bonds. The molecule has 0 radical (unpaired) electrons. The van der Waals surface area contributed by atoms with E-state index in [1.54, 1.807) is 12.1 Å². The molecule has 1 aromatic carbocycles. The molecule has 0 spiro atoms. The number of aromatic nitrogens is 2. The number of hydrogen-bond acceptors (Lipinski definition) is 5. The summed E-state index contributed by atoms with van der Waals surface area (Å²) in [6.45, 7) is 2.88. The van der Waals surface area contributed by atoms with Crippen LogP contribution in [0.4, 0.5) is 10.4 Å². The van der Waals surface area contributed by atoms with Gasteiger partial charge in [-0.3, -0.25) is 0 Å². The predicted octanol–water partition coefficient (Wildman–Crippen LogP) is 3.32. The maximum Gasteiger partial charge on any atom is 0.321 e. The number of benzene rings is 1. The van der Waals surface area contributed by atoms with Crippen LogP contribution >= 0.6 is 11.8 Å². The molecule has 0 saturated heterocycles. The molecule has 2 rings (SSSR count). The van der Waals surface area contributed by atoms with E-state index in [1.807, 2.05) is 0 Å². The van der Waals surface area contributed by atoms with Crippen LogP contribution in [0.2, 0.25) is 0 Å². The molecule has 0 bridgehead atoms. The average Bonchev–Trinajstić information content (AvgIpc) is 2.84.